The molecule has 0 saturated heterocycles. The highest BCUT2D eigenvalue weighted by Crippen LogP contribution is 2.16. The molecule has 5 nitrogen and oxygen atoms in total. The third kappa shape index (κ3) is 4.74. The summed E-state index contributed by atoms with van der Waals surface area (Å²) in [4.78, 5) is 27.7. The van der Waals surface area contributed by atoms with Crippen molar-refractivity contribution in [2.24, 2.45) is 5.73 Å². The van der Waals surface area contributed by atoms with Gasteiger partial charge in [-0.1, -0.05) is 30.3 Å². The van der Waals surface area contributed by atoms with Gasteiger partial charge in [0, 0.05) is 23.1 Å². The first-order chi connectivity index (χ1) is 12.1. The van der Waals surface area contributed by atoms with Gasteiger partial charge < -0.3 is 11.1 Å². The Labute approximate surface area is 149 Å². The van der Waals surface area contributed by atoms with Crippen LogP contribution in [0.4, 0.5) is 5.69 Å². The first kappa shape index (κ1) is 16.9. The van der Waals surface area contributed by atoms with E-state index in [0.717, 1.165) is 17.1 Å². The smallest absolute Gasteiger partial charge is 0.248 e. The second-order valence-electron chi connectivity index (χ2n) is 5.56. The molecule has 3 aromatic rings. The number of rotatable bonds is 6. The van der Waals surface area contributed by atoms with Gasteiger partial charge >= 0.3 is 0 Å². The number of nitrogens with two attached hydrogens (primary N) is 1. The van der Waals surface area contributed by atoms with Gasteiger partial charge in [-0.15, -0.1) is 11.3 Å². The topological polar surface area (TPSA) is 85.1 Å². The summed E-state index contributed by atoms with van der Waals surface area (Å²) < 4.78 is 0. The van der Waals surface area contributed by atoms with E-state index in [1.807, 2.05) is 23.6 Å². The lowest BCUT2D eigenvalue weighted by Gasteiger charge is -2.04. The third-order valence-electron chi connectivity index (χ3n) is 3.59. The predicted octanol–water partition coefficient (Wildman–Crippen LogP) is 3.01. The van der Waals surface area contributed by atoms with Crippen molar-refractivity contribution in [3.05, 3.63) is 81.8 Å². The van der Waals surface area contributed by atoms with Gasteiger partial charge in [-0.05, 0) is 29.8 Å². The molecule has 0 atom stereocenters. The number of aromatic nitrogens is 1. The number of hydrogen-bond acceptors (Lipinski definition) is 4. The predicted molar refractivity (Wildman–Crippen MR) is 98.7 cm³/mol. The molecule has 0 saturated carbocycles. The highest BCUT2D eigenvalue weighted by Gasteiger charge is 2.09. The Hall–Kier alpha value is -2.99. The van der Waals surface area contributed by atoms with Gasteiger partial charge in [0.1, 0.15) is 0 Å². The van der Waals surface area contributed by atoms with Crippen LogP contribution in [0.25, 0.3) is 0 Å². The maximum Gasteiger partial charge on any atom is 0.248 e. The molecule has 3 rings (SSSR count). The molecule has 126 valence electrons. The van der Waals surface area contributed by atoms with Gasteiger partial charge in [-0.25, -0.2) is 4.98 Å². The fraction of sp³-hybridized carbons (Fsp3) is 0.105. The van der Waals surface area contributed by atoms with Crippen molar-refractivity contribution in [3.63, 3.8) is 0 Å². The van der Waals surface area contributed by atoms with Crippen molar-refractivity contribution in [1.29, 1.82) is 0 Å². The molecule has 0 unspecified atom stereocenters. The lowest BCUT2D eigenvalue weighted by molar-refractivity contribution is -0.115. The Morgan fingerprint density at radius 2 is 1.76 bits per heavy atom. The second-order valence-corrected chi connectivity index (χ2v) is 6.50. The number of anilines is 1. The minimum Gasteiger partial charge on any atom is -0.366 e. The molecule has 0 aliphatic heterocycles. The number of hydrogen-bond donors (Lipinski definition) is 2. The largest absolute Gasteiger partial charge is 0.366 e. The fourth-order valence-electron chi connectivity index (χ4n) is 2.37. The maximum absolute atomic E-state index is 12.1. The summed E-state index contributed by atoms with van der Waals surface area (Å²) >= 11 is 1.56. The monoisotopic (exact) mass is 351 g/mol. The molecule has 0 aliphatic rings. The van der Waals surface area contributed by atoms with Gasteiger partial charge in [-0.3, -0.25) is 9.59 Å². The Bertz CT molecular complexity index is 873. The van der Waals surface area contributed by atoms with Crippen LogP contribution in [0, 0.1) is 0 Å². The number of carbonyl (C=O) groups is 2. The first-order valence-electron chi connectivity index (χ1n) is 7.77. The van der Waals surface area contributed by atoms with Gasteiger partial charge in [0.2, 0.25) is 11.8 Å². The number of benzene rings is 2. The Morgan fingerprint density at radius 1 is 1.04 bits per heavy atom. The molecule has 1 heterocycles. The first-order valence-corrected chi connectivity index (χ1v) is 8.65. The quantitative estimate of drug-likeness (QED) is 0.716. The number of nitrogens with one attached hydrogen (secondary N) is 1. The van der Waals surface area contributed by atoms with E-state index in [4.69, 9.17) is 5.73 Å². The van der Waals surface area contributed by atoms with Crippen molar-refractivity contribution in [3.8, 4) is 0 Å². The average molecular weight is 351 g/mol. The number of primary amides is 1. The van der Waals surface area contributed by atoms with Gasteiger partial charge in [-0.2, -0.15) is 0 Å². The SMILES string of the molecule is NC(=O)c1ccc(NC(=O)Cc2csc(Cc3ccccc3)n2)cc1. The van der Waals surface area contributed by atoms with Crippen molar-refractivity contribution in [1.82, 2.24) is 4.98 Å². The normalized spacial score (nSPS) is 10.4. The molecule has 6 heteroatoms. The second kappa shape index (κ2) is 7.72. The number of thiazole rings is 1. The van der Waals surface area contributed by atoms with Gasteiger partial charge in [0.25, 0.3) is 0 Å². The van der Waals surface area contributed by atoms with Crippen LogP contribution in [0.3, 0.4) is 0 Å². The third-order valence-corrected chi connectivity index (χ3v) is 4.49. The molecule has 0 radical (unpaired) electrons. The molecule has 2 amide bonds. The lowest BCUT2D eigenvalue weighted by Crippen LogP contribution is -2.15. The van der Waals surface area contributed by atoms with E-state index >= 15 is 0 Å². The van der Waals surface area contributed by atoms with E-state index in [2.05, 4.69) is 22.4 Å². The molecule has 3 N–H and O–H groups in total. The Kier molecular flexibility index (Phi) is 5.20. The zero-order valence-corrected chi connectivity index (χ0v) is 14.3. The zero-order valence-electron chi connectivity index (χ0n) is 13.4. The van der Waals surface area contributed by atoms with Crippen LogP contribution >= 0.6 is 11.3 Å². The molecule has 25 heavy (non-hydrogen) atoms. The minimum absolute atomic E-state index is 0.150. The summed E-state index contributed by atoms with van der Waals surface area (Å²) in [6.45, 7) is 0. The summed E-state index contributed by atoms with van der Waals surface area (Å²) in [5, 5.41) is 5.69. The lowest BCUT2D eigenvalue weighted by atomic mass is 10.2. The molecule has 0 fully saturated rings. The summed E-state index contributed by atoms with van der Waals surface area (Å²) in [5.41, 5.74) is 8.17. The van der Waals surface area contributed by atoms with Crippen LogP contribution in [0.5, 0.6) is 0 Å². The van der Waals surface area contributed by atoms with Crippen LogP contribution in [0.15, 0.2) is 60.0 Å². The summed E-state index contributed by atoms with van der Waals surface area (Å²) in [6.07, 6.45) is 0.977. The van der Waals surface area contributed by atoms with E-state index in [1.54, 1.807) is 35.6 Å². The van der Waals surface area contributed by atoms with Crippen molar-refractivity contribution in [2.75, 3.05) is 5.32 Å². The van der Waals surface area contributed by atoms with E-state index in [9.17, 15) is 9.59 Å². The molecule has 0 aliphatic carbocycles. The van der Waals surface area contributed by atoms with Crippen LogP contribution < -0.4 is 11.1 Å². The van der Waals surface area contributed by atoms with Crippen molar-refractivity contribution >= 4 is 28.8 Å². The highest BCUT2D eigenvalue weighted by molar-refractivity contribution is 7.09. The van der Waals surface area contributed by atoms with Crippen molar-refractivity contribution < 1.29 is 9.59 Å². The average Bonchev–Trinajstić information content (AvgIpc) is 3.03. The van der Waals surface area contributed by atoms with Crippen LogP contribution in [-0.2, 0) is 17.6 Å². The maximum atomic E-state index is 12.1. The minimum atomic E-state index is -0.494. The van der Waals surface area contributed by atoms with Gasteiger partial charge in [0.05, 0.1) is 17.1 Å². The van der Waals surface area contributed by atoms with E-state index in [1.165, 1.54) is 5.56 Å². The van der Waals surface area contributed by atoms with Crippen LogP contribution in [0.2, 0.25) is 0 Å². The van der Waals surface area contributed by atoms with E-state index in [-0.39, 0.29) is 12.3 Å². The Balaban J connectivity index is 1.57. The number of amides is 2. The standard InChI is InChI=1S/C19H17N3O2S/c20-19(24)14-6-8-15(9-7-14)21-17(23)11-16-12-25-18(22-16)10-13-4-2-1-3-5-13/h1-9,12H,10-11H2,(H2,20,24)(H,21,23). The summed E-state index contributed by atoms with van der Waals surface area (Å²) in [5.74, 6) is -0.644. The number of nitrogens with zero attached hydrogens (tertiary/aromatic N) is 1. The Morgan fingerprint density at radius 3 is 2.44 bits per heavy atom. The summed E-state index contributed by atoms with van der Waals surface area (Å²) in [7, 11) is 0. The fourth-order valence-corrected chi connectivity index (χ4v) is 3.20. The van der Waals surface area contributed by atoms with Gasteiger partial charge in [0.15, 0.2) is 0 Å². The molecule has 0 spiro atoms. The van der Waals surface area contributed by atoms with Crippen LogP contribution in [-0.4, -0.2) is 16.8 Å². The zero-order chi connectivity index (χ0) is 17.6. The van der Waals surface area contributed by atoms with E-state index < -0.39 is 5.91 Å². The van der Waals surface area contributed by atoms with E-state index in [0.29, 0.717) is 11.3 Å². The van der Waals surface area contributed by atoms with Crippen LogP contribution in [0.1, 0.15) is 26.6 Å². The summed E-state index contributed by atoms with van der Waals surface area (Å²) in [6, 6.07) is 16.6. The number of carbonyl (C=O) groups excluding carboxylic acids is 2. The van der Waals surface area contributed by atoms with Crippen molar-refractivity contribution in [2.45, 2.75) is 12.8 Å². The molecule has 2 aromatic carbocycles. The molecular formula is C19H17N3O2S. The molecule has 1 aromatic heterocycles. The highest BCUT2D eigenvalue weighted by atomic mass is 32.1. The molecular weight excluding hydrogens is 334 g/mol. The molecule has 0 bridgehead atoms.